The average molecular weight is 221 g/mol. The summed E-state index contributed by atoms with van der Waals surface area (Å²) in [6.07, 6.45) is 1.99. The monoisotopic (exact) mass is 221 g/mol. The molecule has 5 nitrogen and oxygen atoms in total. The van der Waals surface area contributed by atoms with Crippen LogP contribution in [-0.4, -0.2) is 31.8 Å². The number of carboxylic acid groups (broad SMARTS) is 1. The molecule has 1 aliphatic rings. The summed E-state index contributed by atoms with van der Waals surface area (Å²) in [7, 11) is -3.28. The van der Waals surface area contributed by atoms with Crippen molar-refractivity contribution in [2.45, 2.75) is 26.2 Å². The summed E-state index contributed by atoms with van der Waals surface area (Å²) in [4.78, 5) is 10.9. The van der Waals surface area contributed by atoms with E-state index in [1.165, 1.54) is 6.92 Å². The van der Waals surface area contributed by atoms with Crippen LogP contribution in [-0.2, 0) is 14.8 Å². The minimum atomic E-state index is -3.28. The van der Waals surface area contributed by atoms with Gasteiger partial charge < -0.3 is 5.11 Å². The van der Waals surface area contributed by atoms with Crippen LogP contribution in [0.3, 0.4) is 0 Å². The summed E-state index contributed by atoms with van der Waals surface area (Å²) < 4.78 is 24.5. The zero-order valence-corrected chi connectivity index (χ0v) is 8.93. The Kier molecular flexibility index (Phi) is 3.16. The molecule has 0 heterocycles. The van der Waals surface area contributed by atoms with Gasteiger partial charge in [-0.05, 0) is 19.8 Å². The molecular weight excluding hydrogens is 206 g/mol. The van der Waals surface area contributed by atoms with Gasteiger partial charge in [-0.15, -0.1) is 0 Å². The summed E-state index contributed by atoms with van der Waals surface area (Å²) in [5.74, 6) is -0.912. The predicted octanol–water partition coefficient (Wildman–Crippen LogP) is 0.181. The van der Waals surface area contributed by atoms with Crippen LogP contribution in [0.15, 0.2) is 0 Å². The lowest BCUT2D eigenvalue weighted by atomic mass is 9.69. The Morgan fingerprint density at radius 1 is 1.50 bits per heavy atom. The quantitative estimate of drug-likeness (QED) is 0.693. The molecule has 0 aromatic heterocycles. The van der Waals surface area contributed by atoms with Gasteiger partial charge in [0.2, 0.25) is 10.0 Å². The van der Waals surface area contributed by atoms with Gasteiger partial charge >= 0.3 is 5.97 Å². The fourth-order valence-electron chi connectivity index (χ4n) is 1.42. The smallest absolute Gasteiger partial charge is 0.310 e. The van der Waals surface area contributed by atoms with Crippen molar-refractivity contribution in [3.05, 3.63) is 0 Å². The number of hydrogen-bond donors (Lipinski definition) is 2. The molecule has 0 aliphatic heterocycles. The second kappa shape index (κ2) is 3.86. The van der Waals surface area contributed by atoms with Crippen LogP contribution in [0.2, 0.25) is 0 Å². The normalized spacial score (nSPS) is 20.1. The number of rotatable bonds is 5. The van der Waals surface area contributed by atoms with E-state index in [0.717, 1.165) is 6.42 Å². The van der Waals surface area contributed by atoms with E-state index in [-0.39, 0.29) is 12.3 Å². The van der Waals surface area contributed by atoms with Gasteiger partial charge in [-0.3, -0.25) is 4.79 Å². The lowest BCUT2D eigenvalue weighted by Gasteiger charge is -2.37. The van der Waals surface area contributed by atoms with Crippen molar-refractivity contribution >= 4 is 16.0 Å². The maximum absolute atomic E-state index is 11.1. The van der Waals surface area contributed by atoms with Crippen LogP contribution in [0.1, 0.15) is 26.2 Å². The van der Waals surface area contributed by atoms with Crippen LogP contribution in [0.5, 0.6) is 0 Å². The van der Waals surface area contributed by atoms with Crippen LogP contribution in [0, 0.1) is 5.41 Å². The Morgan fingerprint density at radius 2 is 2.07 bits per heavy atom. The van der Waals surface area contributed by atoms with E-state index in [2.05, 4.69) is 4.72 Å². The van der Waals surface area contributed by atoms with E-state index in [9.17, 15) is 13.2 Å². The van der Waals surface area contributed by atoms with Crippen LogP contribution < -0.4 is 4.72 Å². The molecule has 14 heavy (non-hydrogen) atoms. The van der Waals surface area contributed by atoms with Gasteiger partial charge in [0.05, 0.1) is 11.2 Å². The third kappa shape index (κ3) is 2.24. The van der Waals surface area contributed by atoms with Crippen LogP contribution in [0.25, 0.3) is 0 Å². The zero-order valence-electron chi connectivity index (χ0n) is 8.12. The topological polar surface area (TPSA) is 83.5 Å². The lowest BCUT2D eigenvalue weighted by Crippen LogP contribution is -2.47. The molecule has 0 spiro atoms. The van der Waals surface area contributed by atoms with Gasteiger partial charge in [-0.1, -0.05) is 6.42 Å². The minimum absolute atomic E-state index is 0.0112. The largest absolute Gasteiger partial charge is 0.481 e. The molecule has 2 N–H and O–H groups in total. The molecule has 82 valence electrons. The zero-order chi connectivity index (χ0) is 10.8. The SMILES string of the molecule is CCS(=O)(=O)NCC1(C(=O)O)CCC1. The first-order chi connectivity index (χ1) is 6.42. The van der Waals surface area contributed by atoms with Gasteiger partial charge in [-0.2, -0.15) is 0 Å². The highest BCUT2D eigenvalue weighted by molar-refractivity contribution is 7.89. The van der Waals surface area contributed by atoms with Crippen molar-refractivity contribution in [2.75, 3.05) is 12.3 Å². The Balaban J connectivity index is 2.55. The molecule has 6 heteroatoms. The van der Waals surface area contributed by atoms with Crippen molar-refractivity contribution in [3.8, 4) is 0 Å². The van der Waals surface area contributed by atoms with E-state index in [4.69, 9.17) is 5.11 Å². The van der Waals surface area contributed by atoms with Gasteiger partial charge in [0.1, 0.15) is 0 Å². The number of carbonyl (C=O) groups is 1. The van der Waals surface area contributed by atoms with Gasteiger partial charge in [0.15, 0.2) is 0 Å². The Morgan fingerprint density at radius 3 is 2.36 bits per heavy atom. The Labute approximate surface area is 83.6 Å². The van der Waals surface area contributed by atoms with Crippen molar-refractivity contribution in [3.63, 3.8) is 0 Å². The van der Waals surface area contributed by atoms with Crippen LogP contribution in [0.4, 0.5) is 0 Å². The molecule has 0 aromatic rings. The van der Waals surface area contributed by atoms with Crippen LogP contribution >= 0.6 is 0 Å². The number of sulfonamides is 1. The number of carboxylic acids is 1. The second-order valence-electron chi connectivity index (χ2n) is 3.66. The third-order valence-corrected chi connectivity index (χ3v) is 4.12. The first kappa shape index (κ1) is 11.5. The molecule has 0 unspecified atom stereocenters. The first-order valence-corrected chi connectivity index (χ1v) is 6.28. The standard InChI is InChI=1S/C8H15NO4S/c1-2-14(12,13)9-6-8(7(10)11)4-3-5-8/h9H,2-6H2,1H3,(H,10,11). The number of aliphatic carboxylic acids is 1. The fourth-order valence-corrected chi connectivity index (χ4v) is 2.12. The second-order valence-corrected chi connectivity index (χ2v) is 5.76. The highest BCUT2D eigenvalue weighted by atomic mass is 32.2. The van der Waals surface area contributed by atoms with E-state index >= 15 is 0 Å². The van der Waals surface area contributed by atoms with E-state index in [1.54, 1.807) is 0 Å². The van der Waals surface area contributed by atoms with Crippen molar-refractivity contribution < 1.29 is 18.3 Å². The first-order valence-electron chi connectivity index (χ1n) is 4.63. The summed E-state index contributed by atoms with van der Waals surface area (Å²) in [6, 6.07) is 0. The molecule has 0 saturated heterocycles. The summed E-state index contributed by atoms with van der Waals surface area (Å²) in [5.41, 5.74) is -0.845. The molecule has 1 fully saturated rings. The predicted molar refractivity (Wildman–Crippen MR) is 51.4 cm³/mol. The van der Waals surface area contributed by atoms with E-state index in [0.29, 0.717) is 12.8 Å². The highest BCUT2D eigenvalue weighted by Gasteiger charge is 2.44. The number of nitrogens with one attached hydrogen (secondary N) is 1. The highest BCUT2D eigenvalue weighted by Crippen LogP contribution is 2.40. The molecule has 0 atom stereocenters. The molecule has 0 aromatic carbocycles. The van der Waals surface area contributed by atoms with Crippen molar-refractivity contribution in [1.29, 1.82) is 0 Å². The molecule has 0 amide bonds. The van der Waals surface area contributed by atoms with Gasteiger partial charge in [0.25, 0.3) is 0 Å². The fraction of sp³-hybridized carbons (Fsp3) is 0.875. The van der Waals surface area contributed by atoms with Gasteiger partial charge in [0, 0.05) is 6.54 Å². The molecule has 1 saturated carbocycles. The van der Waals surface area contributed by atoms with E-state index in [1.807, 2.05) is 0 Å². The van der Waals surface area contributed by atoms with Gasteiger partial charge in [-0.25, -0.2) is 13.1 Å². The molecule has 0 radical (unpaired) electrons. The van der Waals surface area contributed by atoms with E-state index < -0.39 is 21.4 Å². The maximum Gasteiger partial charge on any atom is 0.310 e. The Hall–Kier alpha value is -0.620. The molecule has 1 rings (SSSR count). The lowest BCUT2D eigenvalue weighted by molar-refractivity contribution is -0.153. The molecule has 1 aliphatic carbocycles. The van der Waals surface area contributed by atoms with Crippen molar-refractivity contribution in [1.82, 2.24) is 4.72 Å². The molecule has 0 bridgehead atoms. The summed E-state index contributed by atoms with van der Waals surface area (Å²) in [6.45, 7) is 1.55. The molecular formula is C8H15NO4S. The minimum Gasteiger partial charge on any atom is -0.481 e. The van der Waals surface area contributed by atoms with Crippen molar-refractivity contribution in [2.24, 2.45) is 5.41 Å². The maximum atomic E-state index is 11.1. The third-order valence-electron chi connectivity index (χ3n) is 2.77. The summed E-state index contributed by atoms with van der Waals surface area (Å²) >= 11 is 0. The summed E-state index contributed by atoms with van der Waals surface area (Å²) in [5, 5.41) is 8.92. The average Bonchev–Trinajstić information content (AvgIpc) is 2.01. The number of hydrogen-bond acceptors (Lipinski definition) is 3. The Bertz CT molecular complexity index is 318.